The summed E-state index contributed by atoms with van der Waals surface area (Å²) >= 11 is 9.23. The number of nitrogens with one attached hydrogen (secondary N) is 1. The third-order valence-electron chi connectivity index (χ3n) is 2.56. The lowest BCUT2D eigenvalue weighted by Gasteiger charge is -2.28. The van der Waals surface area contributed by atoms with Crippen molar-refractivity contribution in [3.8, 4) is 0 Å². The SMILES string of the molecule is OCC(CO)(CO)NCc1ccc(Br)c(Cl)c1. The van der Waals surface area contributed by atoms with Gasteiger partial charge in [0.1, 0.15) is 0 Å². The highest BCUT2D eigenvalue weighted by Crippen LogP contribution is 2.23. The van der Waals surface area contributed by atoms with E-state index in [2.05, 4.69) is 21.2 Å². The van der Waals surface area contributed by atoms with Crippen LogP contribution in [0.4, 0.5) is 0 Å². The molecular weight excluding hydrogens is 309 g/mol. The van der Waals surface area contributed by atoms with Gasteiger partial charge in [-0.15, -0.1) is 0 Å². The third kappa shape index (κ3) is 3.91. The van der Waals surface area contributed by atoms with Gasteiger partial charge in [0.15, 0.2) is 0 Å². The van der Waals surface area contributed by atoms with Crippen molar-refractivity contribution < 1.29 is 15.3 Å². The molecule has 0 radical (unpaired) electrons. The first-order valence-electron chi connectivity index (χ1n) is 5.08. The van der Waals surface area contributed by atoms with Crippen LogP contribution in [-0.4, -0.2) is 40.7 Å². The molecule has 4 nitrogen and oxygen atoms in total. The standard InChI is InChI=1S/C11H15BrClNO3/c12-9-2-1-8(3-10(9)13)4-14-11(5-15,6-16)7-17/h1-3,14-17H,4-7H2. The summed E-state index contributed by atoms with van der Waals surface area (Å²) in [5.74, 6) is 0. The molecule has 0 unspecified atom stereocenters. The van der Waals surface area contributed by atoms with Crippen LogP contribution in [0.25, 0.3) is 0 Å². The van der Waals surface area contributed by atoms with E-state index in [1.165, 1.54) is 0 Å². The number of hydrogen-bond acceptors (Lipinski definition) is 4. The van der Waals surface area contributed by atoms with Gasteiger partial charge in [-0.25, -0.2) is 0 Å². The molecule has 0 aliphatic carbocycles. The van der Waals surface area contributed by atoms with Gasteiger partial charge in [-0.3, -0.25) is 0 Å². The maximum Gasteiger partial charge on any atom is 0.0884 e. The van der Waals surface area contributed by atoms with Crippen LogP contribution >= 0.6 is 27.5 Å². The van der Waals surface area contributed by atoms with E-state index < -0.39 is 5.54 Å². The summed E-state index contributed by atoms with van der Waals surface area (Å²) in [6.45, 7) is -0.631. The zero-order valence-electron chi connectivity index (χ0n) is 9.16. The number of rotatable bonds is 6. The molecule has 0 aliphatic heterocycles. The molecule has 6 heteroatoms. The van der Waals surface area contributed by atoms with Crippen molar-refractivity contribution in [2.45, 2.75) is 12.1 Å². The predicted octanol–water partition coefficient (Wildman–Crippen LogP) is 0.908. The fourth-order valence-corrected chi connectivity index (χ4v) is 1.71. The van der Waals surface area contributed by atoms with Crippen LogP contribution in [0.5, 0.6) is 0 Å². The second-order valence-electron chi connectivity index (χ2n) is 3.86. The Labute approximate surface area is 113 Å². The van der Waals surface area contributed by atoms with Crippen LogP contribution in [0.15, 0.2) is 22.7 Å². The molecular formula is C11H15BrClNO3. The van der Waals surface area contributed by atoms with Gasteiger partial charge in [0.2, 0.25) is 0 Å². The summed E-state index contributed by atoms with van der Waals surface area (Å²) < 4.78 is 0.806. The summed E-state index contributed by atoms with van der Waals surface area (Å²) in [6, 6.07) is 5.45. The lowest BCUT2D eigenvalue weighted by molar-refractivity contribution is 0.0414. The zero-order valence-corrected chi connectivity index (χ0v) is 11.5. The first-order chi connectivity index (χ1) is 8.06. The molecule has 0 spiro atoms. The van der Waals surface area contributed by atoms with E-state index >= 15 is 0 Å². The Kier molecular flexibility index (Phi) is 5.85. The molecule has 0 fully saturated rings. The first-order valence-corrected chi connectivity index (χ1v) is 6.25. The maximum atomic E-state index is 9.14. The quantitative estimate of drug-likeness (QED) is 0.628. The van der Waals surface area contributed by atoms with Crippen molar-refractivity contribution in [3.05, 3.63) is 33.3 Å². The van der Waals surface area contributed by atoms with Crippen LogP contribution in [0.2, 0.25) is 5.02 Å². The van der Waals surface area contributed by atoms with E-state index in [-0.39, 0.29) is 19.8 Å². The van der Waals surface area contributed by atoms with E-state index in [4.69, 9.17) is 26.9 Å². The minimum Gasteiger partial charge on any atom is -0.394 e. The molecule has 0 bridgehead atoms. The Morgan fingerprint density at radius 2 is 1.76 bits per heavy atom. The minimum absolute atomic E-state index is 0.343. The van der Waals surface area contributed by atoms with Crippen molar-refractivity contribution in [3.63, 3.8) is 0 Å². The van der Waals surface area contributed by atoms with Gasteiger partial charge in [0.05, 0.1) is 30.4 Å². The molecule has 0 heterocycles. The van der Waals surface area contributed by atoms with Crippen molar-refractivity contribution in [2.75, 3.05) is 19.8 Å². The van der Waals surface area contributed by atoms with E-state index in [1.807, 2.05) is 12.1 Å². The van der Waals surface area contributed by atoms with Gasteiger partial charge in [-0.2, -0.15) is 0 Å². The van der Waals surface area contributed by atoms with Crippen LogP contribution in [-0.2, 0) is 6.54 Å². The fraction of sp³-hybridized carbons (Fsp3) is 0.455. The fourth-order valence-electron chi connectivity index (χ4n) is 1.26. The Balaban J connectivity index is 2.68. The number of aliphatic hydroxyl groups is 3. The highest BCUT2D eigenvalue weighted by Gasteiger charge is 2.26. The molecule has 1 aromatic carbocycles. The largest absolute Gasteiger partial charge is 0.394 e. The Hall–Kier alpha value is -0.170. The second kappa shape index (κ2) is 6.68. The third-order valence-corrected chi connectivity index (χ3v) is 3.79. The van der Waals surface area contributed by atoms with Crippen LogP contribution < -0.4 is 5.32 Å². The highest BCUT2D eigenvalue weighted by atomic mass is 79.9. The number of hydrogen-bond donors (Lipinski definition) is 4. The Morgan fingerprint density at radius 1 is 1.18 bits per heavy atom. The Bertz CT molecular complexity index is 363. The van der Waals surface area contributed by atoms with Crippen molar-refractivity contribution >= 4 is 27.5 Å². The van der Waals surface area contributed by atoms with Crippen molar-refractivity contribution in [1.29, 1.82) is 0 Å². The van der Waals surface area contributed by atoms with E-state index in [9.17, 15) is 0 Å². The summed E-state index contributed by atoms with van der Waals surface area (Å²) in [7, 11) is 0. The molecule has 0 aromatic heterocycles. The van der Waals surface area contributed by atoms with Crippen LogP contribution in [0, 0.1) is 0 Å². The number of aliphatic hydroxyl groups excluding tert-OH is 3. The molecule has 0 aliphatic rings. The smallest absolute Gasteiger partial charge is 0.0884 e. The van der Waals surface area contributed by atoms with Gasteiger partial charge < -0.3 is 20.6 Å². The van der Waals surface area contributed by atoms with E-state index in [0.29, 0.717) is 11.6 Å². The van der Waals surface area contributed by atoms with Gasteiger partial charge in [-0.1, -0.05) is 17.7 Å². The molecule has 1 rings (SSSR count). The van der Waals surface area contributed by atoms with Crippen molar-refractivity contribution in [1.82, 2.24) is 5.32 Å². The maximum absolute atomic E-state index is 9.14. The number of halogens is 2. The van der Waals surface area contributed by atoms with Gasteiger partial charge >= 0.3 is 0 Å². The van der Waals surface area contributed by atoms with E-state index in [0.717, 1.165) is 10.0 Å². The first kappa shape index (κ1) is 14.9. The summed E-state index contributed by atoms with van der Waals surface area (Å²) in [4.78, 5) is 0. The average molecular weight is 325 g/mol. The molecule has 0 saturated carbocycles. The van der Waals surface area contributed by atoms with Crippen LogP contribution in [0.3, 0.4) is 0 Å². The van der Waals surface area contributed by atoms with Gasteiger partial charge in [-0.05, 0) is 33.6 Å². The minimum atomic E-state index is -1.07. The second-order valence-corrected chi connectivity index (χ2v) is 5.12. The zero-order chi connectivity index (χ0) is 12.9. The van der Waals surface area contributed by atoms with Gasteiger partial charge in [0.25, 0.3) is 0 Å². The molecule has 17 heavy (non-hydrogen) atoms. The molecule has 0 saturated heterocycles. The topological polar surface area (TPSA) is 72.7 Å². The summed E-state index contributed by atoms with van der Waals surface area (Å²) in [6.07, 6.45) is 0. The number of benzene rings is 1. The summed E-state index contributed by atoms with van der Waals surface area (Å²) in [5.41, 5.74) is -0.169. The molecule has 0 atom stereocenters. The predicted molar refractivity (Wildman–Crippen MR) is 70.0 cm³/mol. The normalized spacial score (nSPS) is 11.8. The summed E-state index contributed by atoms with van der Waals surface area (Å²) in [5, 5.41) is 30.9. The van der Waals surface area contributed by atoms with Crippen molar-refractivity contribution in [2.24, 2.45) is 0 Å². The lowest BCUT2D eigenvalue weighted by Crippen LogP contribution is -2.54. The highest BCUT2D eigenvalue weighted by molar-refractivity contribution is 9.10. The van der Waals surface area contributed by atoms with Crippen LogP contribution in [0.1, 0.15) is 5.56 Å². The van der Waals surface area contributed by atoms with Gasteiger partial charge in [0, 0.05) is 11.0 Å². The monoisotopic (exact) mass is 323 g/mol. The molecule has 4 N–H and O–H groups in total. The lowest BCUT2D eigenvalue weighted by atomic mass is 10.0. The molecule has 96 valence electrons. The molecule has 0 amide bonds. The average Bonchev–Trinajstić information content (AvgIpc) is 2.36. The molecule has 1 aromatic rings. The Morgan fingerprint density at radius 3 is 2.24 bits per heavy atom. The van der Waals surface area contributed by atoms with E-state index in [1.54, 1.807) is 6.07 Å².